The van der Waals surface area contributed by atoms with E-state index in [1.807, 2.05) is 12.3 Å². The van der Waals surface area contributed by atoms with E-state index < -0.39 is 0 Å². The Morgan fingerprint density at radius 2 is 2.26 bits per heavy atom. The van der Waals surface area contributed by atoms with Gasteiger partial charge in [0.1, 0.15) is 0 Å². The lowest BCUT2D eigenvalue weighted by molar-refractivity contribution is 0.491. The zero-order chi connectivity index (χ0) is 12.7. The molecule has 1 aliphatic heterocycles. The van der Waals surface area contributed by atoms with E-state index in [9.17, 15) is 0 Å². The van der Waals surface area contributed by atoms with E-state index in [-0.39, 0.29) is 0 Å². The normalized spacial score (nSPS) is 19.3. The van der Waals surface area contributed by atoms with Gasteiger partial charge in [0.15, 0.2) is 0 Å². The lowest BCUT2D eigenvalue weighted by atomic mass is 10.1. The predicted octanol–water partition coefficient (Wildman–Crippen LogP) is 1.96. The summed E-state index contributed by atoms with van der Waals surface area (Å²) in [6, 6.07) is 6.74. The van der Waals surface area contributed by atoms with E-state index >= 15 is 0 Å². The minimum absolute atomic E-state index is 0.490. The third-order valence-corrected chi connectivity index (χ3v) is 3.76. The Morgan fingerprint density at radius 1 is 1.26 bits per heavy atom. The number of rotatable bonds is 2. The first-order chi connectivity index (χ1) is 9.40. The maximum atomic E-state index is 4.49. The molecule has 1 atom stereocenters. The van der Waals surface area contributed by atoms with E-state index in [0.717, 1.165) is 36.1 Å². The maximum Gasteiger partial charge on any atom is 0.0931 e. The van der Waals surface area contributed by atoms with Crippen molar-refractivity contribution in [3.05, 3.63) is 36.9 Å². The number of hydrogen-bond acceptors (Lipinski definition) is 3. The van der Waals surface area contributed by atoms with E-state index in [1.54, 1.807) is 6.33 Å². The molecule has 1 saturated heterocycles. The van der Waals surface area contributed by atoms with Gasteiger partial charge in [0.05, 0.1) is 29.6 Å². The molecule has 3 aromatic rings. The van der Waals surface area contributed by atoms with Gasteiger partial charge in [-0.3, -0.25) is 4.68 Å². The van der Waals surface area contributed by atoms with Crippen molar-refractivity contribution >= 4 is 11.0 Å². The summed E-state index contributed by atoms with van der Waals surface area (Å²) >= 11 is 0. The standard InChI is InChI=1S/C14H15N5/c1-2-13-14(17-9-16-13)5-10(1)11-6-18-19(8-11)12-3-4-15-7-12/h1-2,5-6,8-9,12,15H,3-4,7H2,(H,16,17). The van der Waals surface area contributed by atoms with E-state index in [2.05, 4.69) is 43.4 Å². The van der Waals surface area contributed by atoms with Crippen LogP contribution in [0.25, 0.3) is 22.2 Å². The Labute approximate surface area is 110 Å². The fraction of sp³-hybridized carbons (Fsp3) is 0.286. The van der Waals surface area contributed by atoms with Crippen molar-refractivity contribution in [1.82, 2.24) is 25.1 Å². The van der Waals surface area contributed by atoms with E-state index in [1.165, 1.54) is 5.56 Å². The Bertz CT molecular complexity index is 705. The minimum Gasteiger partial charge on any atom is -0.345 e. The van der Waals surface area contributed by atoms with Gasteiger partial charge in [0.2, 0.25) is 0 Å². The molecule has 0 radical (unpaired) electrons. The summed E-state index contributed by atoms with van der Waals surface area (Å²) in [4.78, 5) is 7.38. The van der Waals surface area contributed by atoms with Crippen LogP contribution in [0.1, 0.15) is 12.5 Å². The highest BCUT2D eigenvalue weighted by atomic mass is 15.3. The molecule has 2 aromatic heterocycles. The van der Waals surface area contributed by atoms with Crippen LogP contribution in [0.15, 0.2) is 36.9 Å². The van der Waals surface area contributed by atoms with Crippen LogP contribution >= 0.6 is 0 Å². The molecule has 5 heteroatoms. The molecule has 96 valence electrons. The summed E-state index contributed by atoms with van der Waals surface area (Å²) in [5, 5.41) is 7.86. The van der Waals surface area contributed by atoms with Gasteiger partial charge in [-0.05, 0) is 30.7 Å². The average Bonchev–Trinajstić information content (AvgIpc) is 3.18. The molecule has 0 amide bonds. The SMILES string of the molecule is c1nc2ccc(-c3cnn(C4CCNC4)c3)cc2[nH]1. The Kier molecular flexibility index (Phi) is 2.38. The molecule has 0 bridgehead atoms. The molecule has 1 fully saturated rings. The van der Waals surface area contributed by atoms with Crippen LogP contribution in [0.3, 0.4) is 0 Å². The largest absolute Gasteiger partial charge is 0.345 e. The van der Waals surface area contributed by atoms with Gasteiger partial charge in [-0.1, -0.05) is 6.07 Å². The summed E-state index contributed by atoms with van der Waals surface area (Å²) in [7, 11) is 0. The Balaban J connectivity index is 1.70. The average molecular weight is 253 g/mol. The van der Waals surface area contributed by atoms with Crippen LogP contribution in [0.4, 0.5) is 0 Å². The summed E-state index contributed by atoms with van der Waals surface area (Å²) in [5.74, 6) is 0. The smallest absolute Gasteiger partial charge is 0.0931 e. The Morgan fingerprint density at radius 3 is 3.16 bits per heavy atom. The number of imidazole rings is 1. The molecule has 1 aromatic carbocycles. The summed E-state index contributed by atoms with van der Waals surface area (Å²) in [6.07, 6.45) is 6.95. The van der Waals surface area contributed by atoms with E-state index in [4.69, 9.17) is 0 Å². The molecule has 3 heterocycles. The number of aromatic nitrogens is 4. The predicted molar refractivity (Wildman–Crippen MR) is 73.8 cm³/mol. The molecule has 19 heavy (non-hydrogen) atoms. The zero-order valence-corrected chi connectivity index (χ0v) is 10.5. The molecule has 0 saturated carbocycles. The van der Waals surface area contributed by atoms with Crippen LogP contribution < -0.4 is 5.32 Å². The van der Waals surface area contributed by atoms with Crippen molar-refractivity contribution in [2.24, 2.45) is 0 Å². The molecular formula is C14H15N5. The second-order valence-corrected chi connectivity index (χ2v) is 4.99. The lowest BCUT2D eigenvalue weighted by Gasteiger charge is -2.07. The fourth-order valence-electron chi connectivity index (χ4n) is 2.67. The number of aromatic amines is 1. The quantitative estimate of drug-likeness (QED) is 0.734. The van der Waals surface area contributed by atoms with Crippen LogP contribution in [-0.4, -0.2) is 32.8 Å². The zero-order valence-electron chi connectivity index (χ0n) is 10.5. The van der Waals surface area contributed by atoms with Crippen LogP contribution in [0.5, 0.6) is 0 Å². The monoisotopic (exact) mass is 253 g/mol. The summed E-state index contributed by atoms with van der Waals surface area (Å²) < 4.78 is 2.08. The fourth-order valence-corrected chi connectivity index (χ4v) is 2.67. The molecule has 1 aliphatic rings. The van der Waals surface area contributed by atoms with Gasteiger partial charge in [-0.15, -0.1) is 0 Å². The molecule has 4 rings (SSSR count). The highest BCUT2D eigenvalue weighted by molar-refractivity contribution is 5.81. The minimum atomic E-state index is 0.490. The summed E-state index contributed by atoms with van der Waals surface area (Å²) in [6.45, 7) is 2.10. The van der Waals surface area contributed by atoms with Gasteiger partial charge >= 0.3 is 0 Å². The summed E-state index contributed by atoms with van der Waals surface area (Å²) in [5.41, 5.74) is 4.39. The van der Waals surface area contributed by atoms with Gasteiger partial charge in [0.25, 0.3) is 0 Å². The number of hydrogen-bond donors (Lipinski definition) is 2. The van der Waals surface area contributed by atoms with Gasteiger partial charge in [-0.25, -0.2) is 4.98 Å². The first kappa shape index (κ1) is 10.8. The first-order valence-corrected chi connectivity index (χ1v) is 6.58. The highest BCUT2D eigenvalue weighted by Gasteiger charge is 2.17. The number of nitrogens with one attached hydrogen (secondary N) is 2. The highest BCUT2D eigenvalue weighted by Crippen LogP contribution is 2.24. The molecule has 0 spiro atoms. The van der Waals surface area contributed by atoms with Crippen molar-refractivity contribution in [1.29, 1.82) is 0 Å². The number of fused-ring (bicyclic) bond motifs is 1. The Hall–Kier alpha value is -2.14. The second-order valence-electron chi connectivity index (χ2n) is 4.99. The van der Waals surface area contributed by atoms with Crippen molar-refractivity contribution in [3.8, 4) is 11.1 Å². The van der Waals surface area contributed by atoms with Gasteiger partial charge in [0, 0.05) is 18.3 Å². The topological polar surface area (TPSA) is 58.5 Å². The van der Waals surface area contributed by atoms with Crippen LogP contribution in [0, 0.1) is 0 Å². The number of H-pyrrole nitrogens is 1. The van der Waals surface area contributed by atoms with E-state index in [0.29, 0.717) is 6.04 Å². The molecule has 2 N–H and O–H groups in total. The third-order valence-electron chi connectivity index (χ3n) is 3.76. The number of benzene rings is 1. The van der Waals surface area contributed by atoms with Crippen molar-refractivity contribution in [3.63, 3.8) is 0 Å². The van der Waals surface area contributed by atoms with Crippen molar-refractivity contribution in [2.45, 2.75) is 12.5 Å². The van der Waals surface area contributed by atoms with Gasteiger partial charge in [-0.2, -0.15) is 5.10 Å². The first-order valence-electron chi connectivity index (χ1n) is 6.58. The third kappa shape index (κ3) is 1.82. The maximum absolute atomic E-state index is 4.49. The van der Waals surface area contributed by atoms with Crippen LogP contribution in [0.2, 0.25) is 0 Å². The van der Waals surface area contributed by atoms with Gasteiger partial charge < -0.3 is 10.3 Å². The molecular weight excluding hydrogens is 238 g/mol. The van der Waals surface area contributed by atoms with Crippen LogP contribution in [-0.2, 0) is 0 Å². The molecule has 5 nitrogen and oxygen atoms in total. The van der Waals surface area contributed by atoms with Crippen molar-refractivity contribution in [2.75, 3.05) is 13.1 Å². The van der Waals surface area contributed by atoms with Crippen molar-refractivity contribution < 1.29 is 0 Å². The second kappa shape index (κ2) is 4.20. The number of nitrogens with zero attached hydrogens (tertiary/aromatic N) is 3. The lowest BCUT2D eigenvalue weighted by Crippen LogP contribution is -2.13. The molecule has 0 aliphatic carbocycles. The molecule has 1 unspecified atom stereocenters.